The Hall–Kier alpha value is -1.79. The second-order valence-corrected chi connectivity index (χ2v) is 5.89. The van der Waals surface area contributed by atoms with Crippen molar-refractivity contribution in [1.82, 2.24) is 4.90 Å². The van der Waals surface area contributed by atoms with Crippen molar-refractivity contribution in [1.29, 1.82) is 0 Å². The van der Waals surface area contributed by atoms with Gasteiger partial charge in [0.15, 0.2) is 11.5 Å². The number of hydrogen-bond donors (Lipinski definition) is 2. The van der Waals surface area contributed by atoms with Crippen LogP contribution in [-0.2, 0) is 4.79 Å². The van der Waals surface area contributed by atoms with Crippen LogP contribution < -0.4 is 14.8 Å². The minimum absolute atomic E-state index is 0.0598. The van der Waals surface area contributed by atoms with E-state index in [-0.39, 0.29) is 12.7 Å². The molecule has 3 rings (SSSR count). The summed E-state index contributed by atoms with van der Waals surface area (Å²) in [5.41, 5.74) is 0.109. The molecule has 6 nitrogen and oxygen atoms in total. The third kappa shape index (κ3) is 3.46. The van der Waals surface area contributed by atoms with Gasteiger partial charge in [0.25, 0.3) is 0 Å². The van der Waals surface area contributed by atoms with Crippen LogP contribution in [0.2, 0.25) is 0 Å². The van der Waals surface area contributed by atoms with E-state index in [0.717, 1.165) is 13.1 Å². The van der Waals surface area contributed by atoms with Gasteiger partial charge in [0.1, 0.15) is 0 Å². The maximum atomic E-state index is 12.1. The first-order chi connectivity index (χ1) is 10.0. The summed E-state index contributed by atoms with van der Waals surface area (Å²) >= 11 is 0. The number of fused-ring (bicyclic) bond motifs is 1. The Bertz CT molecular complexity index is 534. The number of carbonyl (C=O) groups excluding carboxylic acids is 1. The van der Waals surface area contributed by atoms with Crippen molar-refractivity contribution in [3.63, 3.8) is 0 Å². The summed E-state index contributed by atoms with van der Waals surface area (Å²) in [5, 5.41) is 12.8. The highest BCUT2D eigenvalue weighted by Gasteiger charge is 2.28. The third-order valence-electron chi connectivity index (χ3n) is 3.96. The standard InChI is InChI=1S/C15H20N2O4/c1-15(19)4-6-17(7-5-15)9-14(18)16-11-2-3-12-13(8-11)21-10-20-12/h2-3,8,19H,4-7,9-10H2,1H3,(H,16,18). The zero-order chi connectivity index (χ0) is 14.9. The smallest absolute Gasteiger partial charge is 0.238 e. The number of piperidine rings is 1. The average Bonchev–Trinajstić information content (AvgIpc) is 2.88. The second kappa shape index (κ2) is 5.54. The molecule has 0 bridgehead atoms. The molecule has 0 atom stereocenters. The number of benzene rings is 1. The fourth-order valence-corrected chi connectivity index (χ4v) is 2.57. The lowest BCUT2D eigenvalue weighted by atomic mass is 9.94. The molecule has 1 aromatic rings. The first-order valence-corrected chi connectivity index (χ1v) is 7.16. The predicted molar refractivity (Wildman–Crippen MR) is 77.5 cm³/mol. The van der Waals surface area contributed by atoms with Gasteiger partial charge in [0.05, 0.1) is 12.1 Å². The lowest BCUT2D eigenvalue weighted by Gasteiger charge is -2.35. The minimum Gasteiger partial charge on any atom is -0.454 e. The summed E-state index contributed by atoms with van der Waals surface area (Å²) < 4.78 is 10.5. The normalized spacial score (nSPS) is 20.3. The van der Waals surface area contributed by atoms with Crippen LogP contribution in [0.5, 0.6) is 11.5 Å². The number of rotatable bonds is 3. The number of aliphatic hydroxyl groups is 1. The van der Waals surface area contributed by atoms with Crippen LogP contribution in [-0.4, -0.2) is 47.9 Å². The molecule has 0 aromatic heterocycles. The molecular formula is C15H20N2O4. The highest BCUT2D eigenvalue weighted by molar-refractivity contribution is 5.92. The van der Waals surface area contributed by atoms with E-state index in [9.17, 15) is 9.90 Å². The molecule has 1 amide bonds. The van der Waals surface area contributed by atoms with Gasteiger partial charge in [-0.25, -0.2) is 0 Å². The van der Waals surface area contributed by atoms with Crippen molar-refractivity contribution in [3.8, 4) is 11.5 Å². The van der Waals surface area contributed by atoms with Gasteiger partial charge in [-0.05, 0) is 31.9 Å². The first kappa shape index (κ1) is 14.2. The van der Waals surface area contributed by atoms with Gasteiger partial charge >= 0.3 is 0 Å². The molecule has 0 aliphatic carbocycles. The van der Waals surface area contributed by atoms with Crippen LogP contribution in [0.3, 0.4) is 0 Å². The van der Waals surface area contributed by atoms with Gasteiger partial charge in [-0.2, -0.15) is 0 Å². The molecule has 2 aliphatic heterocycles. The van der Waals surface area contributed by atoms with E-state index in [4.69, 9.17) is 9.47 Å². The Morgan fingerprint density at radius 3 is 2.81 bits per heavy atom. The van der Waals surface area contributed by atoms with Crippen molar-refractivity contribution >= 4 is 11.6 Å². The van der Waals surface area contributed by atoms with Crippen LogP contribution in [0.4, 0.5) is 5.69 Å². The van der Waals surface area contributed by atoms with E-state index >= 15 is 0 Å². The summed E-state index contributed by atoms with van der Waals surface area (Å²) in [4.78, 5) is 14.1. The molecule has 0 radical (unpaired) electrons. The monoisotopic (exact) mass is 292 g/mol. The van der Waals surface area contributed by atoms with Crippen LogP contribution in [0, 0.1) is 0 Å². The highest BCUT2D eigenvalue weighted by Crippen LogP contribution is 2.34. The molecule has 0 spiro atoms. The Balaban J connectivity index is 1.53. The van der Waals surface area contributed by atoms with Crippen molar-refractivity contribution in [3.05, 3.63) is 18.2 Å². The number of ether oxygens (including phenoxy) is 2. The molecule has 2 aliphatic rings. The molecule has 0 saturated carbocycles. The topological polar surface area (TPSA) is 71.0 Å². The molecule has 1 fully saturated rings. The van der Waals surface area contributed by atoms with E-state index in [2.05, 4.69) is 10.2 Å². The Morgan fingerprint density at radius 1 is 1.33 bits per heavy atom. The molecule has 2 N–H and O–H groups in total. The Morgan fingerprint density at radius 2 is 2.05 bits per heavy atom. The lowest BCUT2D eigenvalue weighted by Crippen LogP contribution is -2.45. The number of hydrogen-bond acceptors (Lipinski definition) is 5. The van der Waals surface area contributed by atoms with Crippen LogP contribution in [0.15, 0.2) is 18.2 Å². The molecule has 21 heavy (non-hydrogen) atoms. The van der Waals surface area contributed by atoms with Crippen molar-refractivity contribution in [2.45, 2.75) is 25.4 Å². The van der Waals surface area contributed by atoms with E-state index in [1.807, 2.05) is 6.92 Å². The average molecular weight is 292 g/mol. The van der Waals surface area contributed by atoms with Crippen molar-refractivity contribution in [2.75, 3.05) is 31.7 Å². The largest absolute Gasteiger partial charge is 0.454 e. The third-order valence-corrected chi connectivity index (χ3v) is 3.96. The number of carbonyl (C=O) groups is 1. The summed E-state index contributed by atoms with van der Waals surface area (Å²) in [6, 6.07) is 5.35. The van der Waals surface area contributed by atoms with Gasteiger partial charge in [-0.1, -0.05) is 0 Å². The maximum absolute atomic E-state index is 12.1. The van der Waals surface area contributed by atoms with Gasteiger partial charge in [0.2, 0.25) is 12.7 Å². The number of likely N-dealkylation sites (tertiary alicyclic amines) is 1. The van der Waals surface area contributed by atoms with E-state index in [1.54, 1.807) is 18.2 Å². The number of nitrogens with one attached hydrogen (secondary N) is 1. The molecule has 6 heteroatoms. The Kier molecular flexibility index (Phi) is 3.73. The summed E-state index contributed by atoms with van der Waals surface area (Å²) in [6.45, 7) is 3.88. The predicted octanol–water partition coefficient (Wildman–Crippen LogP) is 1.20. The summed E-state index contributed by atoms with van der Waals surface area (Å²) in [5.74, 6) is 1.29. The Labute approximate surface area is 123 Å². The second-order valence-electron chi connectivity index (χ2n) is 5.89. The van der Waals surface area contributed by atoms with Crippen molar-refractivity contribution < 1.29 is 19.4 Å². The van der Waals surface area contributed by atoms with Crippen molar-refractivity contribution in [2.24, 2.45) is 0 Å². The summed E-state index contributed by atoms with van der Waals surface area (Å²) in [7, 11) is 0. The lowest BCUT2D eigenvalue weighted by molar-refractivity contribution is -0.118. The van der Waals surface area contributed by atoms with Crippen LogP contribution >= 0.6 is 0 Å². The molecule has 114 valence electrons. The minimum atomic E-state index is -0.593. The van der Waals surface area contributed by atoms with Gasteiger partial charge in [-0.3, -0.25) is 9.69 Å². The van der Waals surface area contributed by atoms with Crippen LogP contribution in [0.25, 0.3) is 0 Å². The number of amides is 1. The quantitative estimate of drug-likeness (QED) is 0.876. The maximum Gasteiger partial charge on any atom is 0.238 e. The fraction of sp³-hybridized carbons (Fsp3) is 0.533. The zero-order valence-electron chi connectivity index (χ0n) is 12.1. The summed E-state index contributed by atoms with van der Waals surface area (Å²) in [6.07, 6.45) is 1.40. The SMILES string of the molecule is CC1(O)CCN(CC(=O)Nc2ccc3c(c2)OCO3)CC1. The molecule has 1 aromatic carbocycles. The van der Waals surface area contributed by atoms with Gasteiger partial charge in [0, 0.05) is 24.8 Å². The molecule has 1 saturated heterocycles. The molecule has 2 heterocycles. The van der Waals surface area contributed by atoms with Gasteiger partial charge < -0.3 is 19.9 Å². The van der Waals surface area contributed by atoms with Gasteiger partial charge in [-0.15, -0.1) is 0 Å². The van der Waals surface area contributed by atoms with E-state index < -0.39 is 5.60 Å². The number of anilines is 1. The zero-order valence-corrected chi connectivity index (χ0v) is 12.1. The van der Waals surface area contributed by atoms with E-state index in [0.29, 0.717) is 36.6 Å². The molecular weight excluding hydrogens is 272 g/mol. The van der Waals surface area contributed by atoms with E-state index in [1.165, 1.54) is 0 Å². The molecule has 0 unspecified atom stereocenters. The highest BCUT2D eigenvalue weighted by atomic mass is 16.7. The fourth-order valence-electron chi connectivity index (χ4n) is 2.57. The first-order valence-electron chi connectivity index (χ1n) is 7.16. The van der Waals surface area contributed by atoms with Crippen LogP contribution in [0.1, 0.15) is 19.8 Å². The number of nitrogens with zero attached hydrogens (tertiary/aromatic N) is 1.